The van der Waals surface area contributed by atoms with Gasteiger partial charge in [0.15, 0.2) is 0 Å². The van der Waals surface area contributed by atoms with E-state index in [0.29, 0.717) is 11.3 Å². The van der Waals surface area contributed by atoms with Crippen molar-refractivity contribution >= 4 is 17.5 Å². The first-order chi connectivity index (χ1) is 9.02. The number of aryl methyl sites for hydroxylation is 1. The van der Waals surface area contributed by atoms with Crippen LogP contribution in [0.4, 0.5) is 0 Å². The molecule has 0 aliphatic rings. The van der Waals surface area contributed by atoms with Crippen LogP contribution in [0.3, 0.4) is 0 Å². The van der Waals surface area contributed by atoms with Gasteiger partial charge in [-0.1, -0.05) is 6.07 Å². The molecule has 0 spiro atoms. The first-order valence-corrected chi connectivity index (χ1v) is 5.80. The maximum absolute atomic E-state index is 12.1. The number of nitrogens with zero attached hydrogens (tertiary/aromatic N) is 3. The fourth-order valence-electron chi connectivity index (χ4n) is 1.78. The fourth-order valence-corrected chi connectivity index (χ4v) is 1.78. The number of esters is 1. The number of amides is 1. The summed E-state index contributed by atoms with van der Waals surface area (Å²) in [4.78, 5) is 28.8. The van der Waals surface area contributed by atoms with Crippen molar-refractivity contribution in [2.24, 2.45) is 0 Å². The number of imidazole rings is 1. The quantitative estimate of drug-likeness (QED) is 0.770. The number of pyridine rings is 1. The Hall–Kier alpha value is -2.37. The Kier molecular flexibility index (Phi) is 3.50. The van der Waals surface area contributed by atoms with Gasteiger partial charge in [0.25, 0.3) is 5.91 Å². The predicted molar refractivity (Wildman–Crippen MR) is 68.9 cm³/mol. The predicted octanol–water partition coefficient (Wildman–Crippen LogP) is 0.888. The molecule has 0 aromatic carbocycles. The monoisotopic (exact) mass is 261 g/mol. The lowest BCUT2D eigenvalue weighted by atomic mass is 10.4. The molecule has 0 unspecified atom stereocenters. The van der Waals surface area contributed by atoms with E-state index in [1.807, 2.05) is 29.5 Å². The van der Waals surface area contributed by atoms with Gasteiger partial charge in [-0.3, -0.25) is 9.59 Å². The summed E-state index contributed by atoms with van der Waals surface area (Å²) < 4.78 is 6.36. The number of likely N-dealkylation sites (N-methyl/N-ethyl adjacent to an activating group) is 1. The van der Waals surface area contributed by atoms with Gasteiger partial charge in [0.2, 0.25) is 0 Å². The third-order valence-electron chi connectivity index (χ3n) is 2.86. The highest BCUT2D eigenvalue weighted by Crippen LogP contribution is 2.10. The van der Waals surface area contributed by atoms with Crippen LogP contribution in [0.25, 0.3) is 5.65 Å². The van der Waals surface area contributed by atoms with Crippen molar-refractivity contribution < 1.29 is 14.3 Å². The lowest BCUT2D eigenvalue weighted by molar-refractivity contribution is -0.141. The van der Waals surface area contributed by atoms with Crippen LogP contribution in [0.1, 0.15) is 16.2 Å². The highest BCUT2D eigenvalue weighted by molar-refractivity contribution is 5.94. The van der Waals surface area contributed by atoms with Crippen LogP contribution in [0.15, 0.2) is 24.4 Å². The standard InChI is InChI=1S/C13H15N3O3/c1-9-5-4-6-11-14-10(7-16(9)11)13(18)15(2)8-12(17)19-3/h4-7H,8H2,1-3H3. The van der Waals surface area contributed by atoms with Gasteiger partial charge >= 0.3 is 5.97 Å². The molecule has 1 amide bonds. The molecule has 0 aliphatic heterocycles. The summed E-state index contributed by atoms with van der Waals surface area (Å²) in [6.07, 6.45) is 1.67. The molecule has 0 saturated heterocycles. The van der Waals surface area contributed by atoms with Crippen molar-refractivity contribution in [2.75, 3.05) is 20.7 Å². The van der Waals surface area contributed by atoms with Gasteiger partial charge in [0.1, 0.15) is 17.9 Å². The zero-order valence-electron chi connectivity index (χ0n) is 11.1. The van der Waals surface area contributed by atoms with Crippen molar-refractivity contribution in [3.05, 3.63) is 35.8 Å². The SMILES string of the molecule is COC(=O)CN(C)C(=O)c1cn2c(C)cccc2n1. The largest absolute Gasteiger partial charge is 0.468 e. The van der Waals surface area contributed by atoms with E-state index in [0.717, 1.165) is 5.69 Å². The van der Waals surface area contributed by atoms with Gasteiger partial charge in [-0.15, -0.1) is 0 Å². The highest BCUT2D eigenvalue weighted by atomic mass is 16.5. The Morgan fingerprint density at radius 2 is 2.16 bits per heavy atom. The number of hydrogen-bond donors (Lipinski definition) is 0. The van der Waals surface area contributed by atoms with E-state index in [9.17, 15) is 9.59 Å². The number of rotatable bonds is 3. The van der Waals surface area contributed by atoms with Crippen LogP contribution >= 0.6 is 0 Å². The van der Waals surface area contributed by atoms with Gasteiger partial charge in [0, 0.05) is 18.9 Å². The molecule has 2 rings (SSSR count). The smallest absolute Gasteiger partial charge is 0.325 e. The van der Waals surface area contributed by atoms with Gasteiger partial charge in [-0.2, -0.15) is 0 Å². The number of carbonyl (C=O) groups excluding carboxylic acids is 2. The van der Waals surface area contributed by atoms with Crippen LogP contribution in [0.2, 0.25) is 0 Å². The molecule has 0 N–H and O–H groups in total. The molecule has 6 nitrogen and oxygen atoms in total. The lowest BCUT2D eigenvalue weighted by Crippen LogP contribution is -2.32. The molecule has 19 heavy (non-hydrogen) atoms. The minimum Gasteiger partial charge on any atom is -0.468 e. The zero-order valence-corrected chi connectivity index (χ0v) is 11.1. The van der Waals surface area contributed by atoms with E-state index in [-0.39, 0.29) is 12.5 Å². The molecule has 100 valence electrons. The van der Waals surface area contributed by atoms with Gasteiger partial charge in [0.05, 0.1) is 7.11 Å². The van der Waals surface area contributed by atoms with Gasteiger partial charge < -0.3 is 14.0 Å². The van der Waals surface area contributed by atoms with Crippen molar-refractivity contribution in [2.45, 2.75) is 6.92 Å². The molecule has 0 bridgehead atoms. The average Bonchev–Trinajstić information content (AvgIpc) is 2.83. The number of aromatic nitrogens is 2. The number of methoxy groups -OCH3 is 1. The molecular weight excluding hydrogens is 246 g/mol. The van der Waals surface area contributed by atoms with Crippen LogP contribution < -0.4 is 0 Å². The number of hydrogen-bond acceptors (Lipinski definition) is 4. The molecule has 2 aromatic rings. The summed E-state index contributed by atoms with van der Waals surface area (Å²) in [5.74, 6) is -0.774. The minimum absolute atomic E-state index is 0.0951. The maximum atomic E-state index is 12.1. The summed E-state index contributed by atoms with van der Waals surface area (Å²) >= 11 is 0. The number of fused-ring (bicyclic) bond motifs is 1. The molecule has 6 heteroatoms. The van der Waals surface area contributed by atoms with Crippen molar-refractivity contribution in [3.63, 3.8) is 0 Å². The topological polar surface area (TPSA) is 63.9 Å². The molecular formula is C13H15N3O3. The molecule has 0 fully saturated rings. The second-order valence-corrected chi connectivity index (χ2v) is 4.26. The first kappa shape index (κ1) is 13.1. The van der Waals surface area contributed by atoms with Crippen molar-refractivity contribution in [1.29, 1.82) is 0 Å². The zero-order chi connectivity index (χ0) is 14.0. The van der Waals surface area contributed by atoms with E-state index in [2.05, 4.69) is 9.72 Å². The molecule has 0 aliphatic carbocycles. The van der Waals surface area contributed by atoms with Crippen LogP contribution in [-0.2, 0) is 9.53 Å². The van der Waals surface area contributed by atoms with Gasteiger partial charge in [-0.25, -0.2) is 4.98 Å². The van der Waals surface area contributed by atoms with Crippen molar-refractivity contribution in [3.8, 4) is 0 Å². The number of carbonyl (C=O) groups is 2. The normalized spacial score (nSPS) is 10.5. The second kappa shape index (κ2) is 5.09. The van der Waals surface area contributed by atoms with E-state index < -0.39 is 5.97 Å². The Balaban J connectivity index is 2.26. The maximum Gasteiger partial charge on any atom is 0.325 e. The molecule has 0 atom stereocenters. The Morgan fingerprint density at radius 1 is 1.42 bits per heavy atom. The molecule has 0 saturated carbocycles. The second-order valence-electron chi connectivity index (χ2n) is 4.26. The first-order valence-electron chi connectivity index (χ1n) is 5.80. The molecule has 2 heterocycles. The van der Waals surface area contributed by atoms with Crippen LogP contribution in [0, 0.1) is 6.92 Å². The summed E-state index contributed by atoms with van der Waals surface area (Å²) in [5.41, 5.74) is 2.00. The van der Waals surface area contributed by atoms with Gasteiger partial charge in [-0.05, 0) is 19.1 Å². The molecule has 2 aromatic heterocycles. The average molecular weight is 261 g/mol. The Bertz CT molecular complexity index is 633. The highest BCUT2D eigenvalue weighted by Gasteiger charge is 2.18. The fraction of sp³-hybridized carbons (Fsp3) is 0.308. The third kappa shape index (κ3) is 2.57. The van der Waals surface area contributed by atoms with Crippen LogP contribution in [-0.4, -0.2) is 46.9 Å². The minimum atomic E-state index is -0.462. The van der Waals surface area contributed by atoms with Crippen LogP contribution in [0.5, 0.6) is 0 Å². The summed E-state index contributed by atoms with van der Waals surface area (Å²) in [5, 5.41) is 0. The van der Waals surface area contributed by atoms with E-state index >= 15 is 0 Å². The third-order valence-corrected chi connectivity index (χ3v) is 2.86. The lowest BCUT2D eigenvalue weighted by Gasteiger charge is -2.13. The molecule has 0 radical (unpaired) electrons. The van der Waals surface area contributed by atoms with Crippen molar-refractivity contribution in [1.82, 2.24) is 14.3 Å². The Labute approximate surface area is 110 Å². The van der Waals surface area contributed by atoms with E-state index in [1.54, 1.807) is 6.20 Å². The van der Waals surface area contributed by atoms with E-state index in [1.165, 1.54) is 19.1 Å². The number of ether oxygens (including phenoxy) is 1. The summed E-state index contributed by atoms with van der Waals surface area (Å²) in [7, 11) is 2.82. The van der Waals surface area contributed by atoms with E-state index in [4.69, 9.17) is 0 Å². The summed E-state index contributed by atoms with van der Waals surface area (Å²) in [6, 6.07) is 5.63. The Morgan fingerprint density at radius 3 is 2.79 bits per heavy atom. The summed E-state index contributed by atoms with van der Waals surface area (Å²) in [6.45, 7) is 1.84.